The number of halogens is 6. The molecular formula is C24H27BrCl2F3NO3. The van der Waals surface area contributed by atoms with Gasteiger partial charge in [0.25, 0.3) is 0 Å². The van der Waals surface area contributed by atoms with E-state index >= 15 is 0 Å². The lowest BCUT2D eigenvalue weighted by molar-refractivity contribution is -0.274. The maximum absolute atomic E-state index is 12.1. The number of alkyl halides is 4. The number of benzene rings is 2. The van der Waals surface area contributed by atoms with E-state index in [0.717, 1.165) is 16.5 Å². The van der Waals surface area contributed by atoms with Crippen LogP contribution in [0.4, 0.5) is 18.0 Å². The molecule has 3 aromatic rings. The summed E-state index contributed by atoms with van der Waals surface area (Å²) >= 11 is 14.5. The third-order valence-corrected chi connectivity index (χ3v) is 4.88. The van der Waals surface area contributed by atoms with Crippen LogP contribution in [0.5, 0.6) is 5.75 Å². The second-order valence-corrected chi connectivity index (χ2v) is 9.42. The third kappa shape index (κ3) is 9.76. The first-order chi connectivity index (χ1) is 15.7. The van der Waals surface area contributed by atoms with E-state index in [2.05, 4.69) is 20.7 Å². The Kier molecular flexibility index (Phi) is 11.3. The van der Waals surface area contributed by atoms with E-state index in [0.29, 0.717) is 15.1 Å². The van der Waals surface area contributed by atoms with Gasteiger partial charge in [-0.05, 0) is 69.2 Å². The molecule has 0 saturated heterocycles. The summed E-state index contributed by atoms with van der Waals surface area (Å²) in [6, 6.07) is 9.59. The highest BCUT2D eigenvalue weighted by molar-refractivity contribution is 9.10. The highest BCUT2D eigenvalue weighted by Crippen LogP contribution is 2.28. The van der Waals surface area contributed by atoms with Crippen molar-refractivity contribution >= 4 is 56.1 Å². The minimum atomic E-state index is -4.68. The van der Waals surface area contributed by atoms with Crippen LogP contribution in [0.2, 0.25) is 5.02 Å². The zero-order valence-electron chi connectivity index (χ0n) is 19.7. The Hall–Kier alpha value is -1.90. The number of aryl methyl sites for hydroxylation is 1. The molecule has 0 N–H and O–H groups in total. The van der Waals surface area contributed by atoms with Gasteiger partial charge in [-0.2, -0.15) is 0 Å². The molecule has 10 heteroatoms. The van der Waals surface area contributed by atoms with E-state index in [1.807, 2.05) is 53.7 Å². The number of rotatable bonds is 2. The smallest absolute Gasteiger partial charge is 0.443 e. The Morgan fingerprint density at radius 2 is 1.71 bits per heavy atom. The second-order valence-electron chi connectivity index (χ2n) is 7.80. The van der Waals surface area contributed by atoms with Crippen molar-refractivity contribution in [3.63, 3.8) is 0 Å². The fourth-order valence-corrected chi connectivity index (χ4v) is 3.56. The van der Waals surface area contributed by atoms with Gasteiger partial charge in [-0.25, -0.2) is 4.79 Å². The van der Waals surface area contributed by atoms with Crippen molar-refractivity contribution in [3.8, 4) is 5.75 Å². The van der Waals surface area contributed by atoms with Crippen LogP contribution in [0.3, 0.4) is 0 Å². The van der Waals surface area contributed by atoms with E-state index in [4.69, 9.17) is 27.9 Å². The van der Waals surface area contributed by atoms with E-state index in [1.165, 1.54) is 16.7 Å². The Morgan fingerprint density at radius 1 is 1.09 bits per heavy atom. The number of carbonyl (C=O) groups excluding carboxylic acids is 1. The summed E-state index contributed by atoms with van der Waals surface area (Å²) < 4.78 is 46.6. The SMILES string of the molecule is CC.Cc1cn(C(=O)OC(C)(C)C)c2cc(Cl)ccc12.FC(F)(F)Oc1cc(Br)cc(CCl)c1. The zero-order valence-corrected chi connectivity index (χ0v) is 22.8. The molecule has 0 bridgehead atoms. The molecule has 0 unspecified atom stereocenters. The van der Waals surface area contributed by atoms with E-state index in [9.17, 15) is 18.0 Å². The Labute approximate surface area is 216 Å². The predicted octanol–water partition coefficient (Wildman–Crippen LogP) is 9.50. The van der Waals surface area contributed by atoms with Gasteiger partial charge in [0.15, 0.2) is 0 Å². The van der Waals surface area contributed by atoms with Crippen molar-refractivity contribution in [2.45, 2.75) is 59.4 Å². The molecule has 0 aliphatic carbocycles. The van der Waals surface area contributed by atoms with Gasteiger partial charge < -0.3 is 9.47 Å². The molecule has 1 heterocycles. The van der Waals surface area contributed by atoms with Crippen LogP contribution in [0.15, 0.2) is 47.1 Å². The van der Waals surface area contributed by atoms with Crippen molar-refractivity contribution in [3.05, 3.63) is 63.2 Å². The Morgan fingerprint density at radius 3 is 2.24 bits per heavy atom. The molecule has 0 atom stereocenters. The maximum atomic E-state index is 12.1. The number of fused-ring (bicyclic) bond motifs is 1. The fourth-order valence-electron chi connectivity index (χ4n) is 2.72. The summed E-state index contributed by atoms with van der Waals surface area (Å²) in [6.45, 7) is 11.5. The molecule has 2 aromatic carbocycles. The molecule has 0 aliphatic rings. The molecule has 0 saturated carbocycles. The van der Waals surface area contributed by atoms with Crippen LogP contribution in [-0.4, -0.2) is 22.6 Å². The second kappa shape index (κ2) is 12.7. The Bertz CT molecular complexity index is 1110. The first-order valence-electron chi connectivity index (χ1n) is 10.3. The monoisotopic (exact) mass is 583 g/mol. The number of ether oxygens (including phenoxy) is 2. The summed E-state index contributed by atoms with van der Waals surface area (Å²) in [7, 11) is 0. The topological polar surface area (TPSA) is 40.5 Å². The first-order valence-corrected chi connectivity index (χ1v) is 12.0. The first kappa shape index (κ1) is 30.1. The van der Waals surface area contributed by atoms with Crippen LogP contribution in [-0.2, 0) is 10.6 Å². The van der Waals surface area contributed by atoms with Crippen molar-refractivity contribution in [1.29, 1.82) is 0 Å². The molecule has 34 heavy (non-hydrogen) atoms. The molecule has 0 amide bonds. The summed E-state index contributed by atoms with van der Waals surface area (Å²) in [4.78, 5) is 12.1. The van der Waals surface area contributed by atoms with E-state index in [1.54, 1.807) is 18.3 Å². The van der Waals surface area contributed by atoms with Gasteiger partial charge >= 0.3 is 12.5 Å². The molecule has 0 radical (unpaired) electrons. The van der Waals surface area contributed by atoms with Gasteiger partial charge in [0.1, 0.15) is 11.4 Å². The normalized spacial score (nSPS) is 11.2. The molecule has 1 aromatic heterocycles. The number of carbonyl (C=O) groups is 1. The molecule has 188 valence electrons. The number of hydrogen-bond donors (Lipinski definition) is 0. The zero-order chi connectivity index (χ0) is 26.3. The largest absolute Gasteiger partial charge is 0.573 e. The minimum Gasteiger partial charge on any atom is -0.443 e. The molecule has 4 nitrogen and oxygen atoms in total. The number of aromatic nitrogens is 1. The van der Waals surface area contributed by atoms with Crippen LogP contribution in [0.1, 0.15) is 45.7 Å². The van der Waals surface area contributed by atoms with Crippen LogP contribution in [0.25, 0.3) is 10.9 Å². The lowest BCUT2D eigenvalue weighted by Crippen LogP contribution is -2.26. The lowest BCUT2D eigenvalue weighted by atomic mass is 10.2. The Balaban J connectivity index is 0.000000326. The highest BCUT2D eigenvalue weighted by Gasteiger charge is 2.31. The standard InChI is InChI=1S/C14H16ClNO2.C8H5BrClF3O.C2H6/c1-9-8-16(13(17)18-14(2,3)4)12-7-10(15)5-6-11(9)12;9-6-1-5(4-10)2-7(3-6)14-8(11,12)13;1-2/h5-8H,1-4H3;1-3H,4H2;1-2H3. The van der Waals surface area contributed by atoms with Crippen molar-refractivity contribution in [1.82, 2.24) is 4.57 Å². The van der Waals surface area contributed by atoms with Gasteiger partial charge in [0, 0.05) is 27.0 Å². The number of nitrogens with zero attached hydrogens (tertiary/aromatic N) is 1. The van der Waals surface area contributed by atoms with Gasteiger partial charge in [-0.1, -0.05) is 47.4 Å². The lowest BCUT2D eigenvalue weighted by Gasteiger charge is -2.19. The van der Waals surface area contributed by atoms with Gasteiger partial charge in [-0.15, -0.1) is 24.8 Å². The minimum absolute atomic E-state index is 0.133. The molecular weight excluding hydrogens is 558 g/mol. The van der Waals surface area contributed by atoms with Crippen molar-refractivity contribution < 1.29 is 27.4 Å². The van der Waals surface area contributed by atoms with E-state index < -0.39 is 12.0 Å². The van der Waals surface area contributed by atoms with Crippen molar-refractivity contribution in [2.24, 2.45) is 0 Å². The maximum Gasteiger partial charge on any atom is 0.573 e. The average Bonchev–Trinajstić information content (AvgIpc) is 3.03. The average molecular weight is 585 g/mol. The number of hydrogen-bond acceptors (Lipinski definition) is 3. The highest BCUT2D eigenvalue weighted by atomic mass is 79.9. The van der Waals surface area contributed by atoms with Crippen LogP contribution < -0.4 is 4.74 Å². The summed E-state index contributed by atoms with van der Waals surface area (Å²) in [6.07, 6.45) is -3.29. The quantitative estimate of drug-likeness (QED) is 0.282. The fraction of sp³-hybridized carbons (Fsp3) is 0.375. The summed E-state index contributed by atoms with van der Waals surface area (Å²) in [5, 5.41) is 1.61. The molecule has 0 fully saturated rings. The molecule has 0 aliphatic heterocycles. The summed E-state index contributed by atoms with van der Waals surface area (Å²) in [5.41, 5.74) is 1.84. The van der Waals surface area contributed by atoms with Crippen LogP contribution in [0, 0.1) is 6.92 Å². The molecule has 0 spiro atoms. The van der Waals surface area contributed by atoms with Gasteiger partial charge in [0.2, 0.25) is 0 Å². The molecule has 3 rings (SSSR count). The van der Waals surface area contributed by atoms with Crippen molar-refractivity contribution in [2.75, 3.05) is 0 Å². The third-order valence-electron chi connectivity index (χ3n) is 3.88. The van der Waals surface area contributed by atoms with Gasteiger partial charge in [0.05, 0.1) is 5.52 Å². The van der Waals surface area contributed by atoms with Crippen LogP contribution >= 0.6 is 39.1 Å². The summed E-state index contributed by atoms with van der Waals surface area (Å²) in [5.74, 6) is -0.143. The van der Waals surface area contributed by atoms with E-state index in [-0.39, 0.29) is 17.7 Å². The van der Waals surface area contributed by atoms with Gasteiger partial charge in [-0.3, -0.25) is 4.57 Å². The predicted molar refractivity (Wildman–Crippen MR) is 135 cm³/mol.